The van der Waals surface area contributed by atoms with Gasteiger partial charge in [-0.05, 0) is 13.1 Å². The fraction of sp³-hybridized carbons (Fsp3) is 0.545. The van der Waals surface area contributed by atoms with Crippen LogP contribution >= 0.6 is 0 Å². The fourth-order valence-corrected chi connectivity index (χ4v) is 4.25. The Morgan fingerprint density at radius 2 is 1.63 bits per heavy atom. The summed E-state index contributed by atoms with van der Waals surface area (Å²) in [6.07, 6.45) is 0. The molecule has 2 amide bonds. The Labute approximate surface area is 177 Å². The number of carbonyl (C=O) groups is 2. The highest BCUT2D eigenvalue weighted by Gasteiger charge is 2.42. The molecule has 0 aliphatic carbocycles. The molecule has 2 saturated heterocycles. The van der Waals surface area contributed by atoms with Gasteiger partial charge >= 0.3 is 0 Å². The number of methoxy groups -OCH3 is 1. The minimum atomic E-state index is -0.230. The van der Waals surface area contributed by atoms with Crippen LogP contribution in [0.1, 0.15) is 5.56 Å². The summed E-state index contributed by atoms with van der Waals surface area (Å²) in [4.78, 5) is 34.9. The fourth-order valence-electron chi connectivity index (χ4n) is 4.25. The van der Waals surface area contributed by atoms with E-state index in [4.69, 9.17) is 9.47 Å². The summed E-state index contributed by atoms with van der Waals surface area (Å²) in [5.41, 5.74) is 1.66. The Morgan fingerprint density at radius 3 is 2.33 bits per heavy atom. The second-order valence-electron chi connectivity index (χ2n) is 7.93. The number of imide groups is 1. The molecule has 0 N–H and O–H groups in total. The van der Waals surface area contributed by atoms with E-state index >= 15 is 0 Å². The topological polar surface area (TPSA) is 65.6 Å². The summed E-state index contributed by atoms with van der Waals surface area (Å²) in [5, 5.41) is 0. The lowest BCUT2D eigenvalue weighted by atomic mass is 10.0. The molecule has 3 aliphatic rings. The maximum atomic E-state index is 13.5. The molecule has 8 nitrogen and oxygen atoms in total. The minimum absolute atomic E-state index is 0.196. The number of hydrogen-bond donors (Lipinski definition) is 0. The highest BCUT2D eigenvalue weighted by atomic mass is 16.5. The smallest absolute Gasteiger partial charge is 0.277 e. The van der Waals surface area contributed by atoms with Gasteiger partial charge in [-0.1, -0.05) is 18.2 Å². The van der Waals surface area contributed by atoms with Gasteiger partial charge in [-0.3, -0.25) is 19.4 Å². The van der Waals surface area contributed by atoms with Gasteiger partial charge in [0.1, 0.15) is 11.4 Å². The van der Waals surface area contributed by atoms with E-state index in [1.165, 1.54) is 4.90 Å². The van der Waals surface area contributed by atoms with E-state index in [0.717, 1.165) is 39.3 Å². The Kier molecular flexibility index (Phi) is 6.36. The SMILES string of the molecule is COc1ccccc1C1=C(N2CCN(C)CC2)C(=O)N(CCN2CCOCC2)C1=O. The highest BCUT2D eigenvalue weighted by molar-refractivity contribution is 6.36. The molecular weight excluding hydrogens is 384 g/mol. The summed E-state index contributed by atoms with van der Waals surface area (Å²) >= 11 is 0. The van der Waals surface area contributed by atoms with E-state index in [9.17, 15) is 9.59 Å². The van der Waals surface area contributed by atoms with Gasteiger partial charge in [0.15, 0.2) is 0 Å². The zero-order valence-electron chi connectivity index (χ0n) is 17.8. The minimum Gasteiger partial charge on any atom is -0.496 e. The summed E-state index contributed by atoms with van der Waals surface area (Å²) in [7, 11) is 3.66. The summed E-state index contributed by atoms with van der Waals surface area (Å²) in [6, 6.07) is 7.44. The van der Waals surface area contributed by atoms with Crippen LogP contribution in [0.4, 0.5) is 0 Å². The van der Waals surface area contributed by atoms with Gasteiger partial charge in [-0.15, -0.1) is 0 Å². The van der Waals surface area contributed by atoms with Gasteiger partial charge in [-0.25, -0.2) is 0 Å². The van der Waals surface area contributed by atoms with Crippen LogP contribution in [0.2, 0.25) is 0 Å². The Morgan fingerprint density at radius 1 is 0.933 bits per heavy atom. The largest absolute Gasteiger partial charge is 0.496 e. The van der Waals surface area contributed by atoms with Crippen LogP contribution in [-0.4, -0.2) is 111 Å². The van der Waals surface area contributed by atoms with Crippen molar-refractivity contribution in [2.75, 3.05) is 79.7 Å². The van der Waals surface area contributed by atoms with E-state index in [1.807, 2.05) is 24.3 Å². The van der Waals surface area contributed by atoms with Gasteiger partial charge < -0.3 is 19.3 Å². The summed E-state index contributed by atoms with van der Waals surface area (Å²) in [5.74, 6) is 0.181. The molecular formula is C22H30N4O4. The van der Waals surface area contributed by atoms with Gasteiger partial charge in [-0.2, -0.15) is 0 Å². The zero-order chi connectivity index (χ0) is 21.1. The predicted molar refractivity (Wildman–Crippen MR) is 113 cm³/mol. The standard InChI is InChI=1S/C22H30N4O4/c1-23-7-10-25(11-8-23)20-19(17-5-3-4-6-18(17)29-2)21(27)26(22(20)28)12-9-24-13-15-30-16-14-24/h3-6H,7-16H2,1-2H3. The molecule has 0 bridgehead atoms. The van der Waals surface area contributed by atoms with Crippen LogP contribution in [0, 0.1) is 0 Å². The molecule has 30 heavy (non-hydrogen) atoms. The third kappa shape index (κ3) is 4.08. The van der Waals surface area contributed by atoms with E-state index < -0.39 is 0 Å². The summed E-state index contributed by atoms with van der Waals surface area (Å²) in [6.45, 7) is 7.25. The maximum absolute atomic E-state index is 13.5. The second kappa shape index (κ2) is 9.16. The molecule has 0 radical (unpaired) electrons. The van der Waals surface area contributed by atoms with Crippen molar-refractivity contribution in [2.24, 2.45) is 0 Å². The van der Waals surface area contributed by atoms with Gasteiger partial charge in [0, 0.05) is 57.9 Å². The van der Waals surface area contributed by atoms with E-state index in [-0.39, 0.29) is 11.8 Å². The van der Waals surface area contributed by atoms with Crippen LogP contribution in [0.15, 0.2) is 30.0 Å². The number of para-hydroxylation sites is 1. The van der Waals surface area contributed by atoms with Crippen molar-refractivity contribution >= 4 is 17.4 Å². The van der Waals surface area contributed by atoms with Crippen molar-refractivity contribution < 1.29 is 19.1 Å². The van der Waals surface area contributed by atoms with Crippen molar-refractivity contribution in [3.05, 3.63) is 35.5 Å². The molecule has 1 aromatic carbocycles. The van der Waals surface area contributed by atoms with Crippen LogP contribution in [0.25, 0.3) is 5.57 Å². The van der Waals surface area contributed by atoms with Gasteiger partial charge in [0.05, 0.1) is 25.9 Å². The third-order valence-corrected chi connectivity index (χ3v) is 6.08. The third-order valence-electron chi connectivity index (χ3n) is 6.08. The molecule has 0 spiro atoms. The lowest BCUT2D eigenvalue weighted by molar-refractivity contribution is -0.138. The van der Waals surface area contributed by atoms with Crippen molar-refractivity contribution in [1.82, 2.24) is 19.6 Å². The number of rotatable bonds is 6. The van der Waals surface area contributed by atoms with Crippen LogP contribution in [0.5, 0.6) is 5.75 Å². The number of ether oxygens (including phenoxy) is 2. The first-order chi connectivity index (χ1) is 14.6. The van der Waals surface area contributed by atoms with Crippen LogP contribution < -0.4 is 4.74 Å². The van der Waals surface area contributed by atoms with Crippen LogP contribution in [0.3, 0.4) is 0 Å². The zero-order valence-corrected chi connectivity index (χ0v) is 17.8. The molecule has 3 heterocycles. The number of morpholine rings is 1. The molecule has 8 heteroatoms. The normalized spacial score (nSPS) is 21.7. The molecule has 1 aromatic rings. The van der Waals surface area contributed by atoms with E-state index in [0.29, 0.717) is 48.9 Å². The lowest BCUT2D eigenvalue weighted by Crippen LogP contribution is -2.47. The second-order valence-corrected chi connectivity index (χ2v) is 7.93. The van der Waals surface area contributed by atoms with E-state index in [2.05, 4.69) is 21.7 Å². The van der Waals surface area contributed by atoms with E-state index in [1.54, 1.807) is 7.11 Å². The van der Waals surface area contributed by atoms with Crippen molar-refractivity contribution in [2.45, 2.75) is 0 Å². The number of piperazine rings is 1. The first-order valence-electron chi connectivity index (χ1n) is 10.6. The number of benzene rings is 1. The molecule has 0 saturated carbocycles. The van der Waals surface area contributed by atoms with Crippen LogP contribution in [-0.2, 0) is 14.3 Å². The molecule has 0 aromatic heterocycles. The van der Waals surface area contributed by atoms with Crippen molar-refractivity contribution in [1.29, 1.82) is 0 Å². The Balaban J connectivity index is 1.64. The average molecular weight is 415 g/mol. The highest BCUT2D eigenvalue weighted by Crippen LogP contribution is 2.36. The summed E-state index contributed by atoms with van der Waals surface area (Å²) < 4.78 is 10.9. The molecule has 4 rings (SSSR count). The first-order valence-corrected chi connectivity index (χ1v) is 10.6. The molecule has 2 fully saturated rings. The number of nitrogens with zero attached hydrogens (tertiary/aromatic N) is 4. The molecule has 162 valence electrons. The monoisotopic (exact) mass is 414 g/mol. The first kappa shape index (κ1) is 20.8. The predicted octanol–water partition coefficient (Wildman–Crippen LogP) is 0.355. The molecule has 0 unspecified atom stereocenters. The maximum Gasteiger partial charge on any atom is 0.277 e. The Bertz CT molecular complexity index is 826. The van der Waals surface area contributed by atoms with Gasteiger partial charge in [0.2, 0.25) is 0 Å². The quantitative estimate of drug-likeness (QED) is 0.623. The van der Waals surface area contributed by atoms with Gasteiger partial charge in [0.25, 0.3) is 11.8 Å². The number of carbonyl (C=O) groups excluding carboxylic acids is 2. The lowest BCUT2D eigenvalue weighted by Gasteiger charge is -2.34. The molecule has 0 atom stereocenters. The Hall–Kier alpha value is -2.42. The molecule has 3 aliphatic heterocycles. The number of amides is 2. The average Bonchev–Trinajstić information content (AvgIpc) is 3.03. The van der Waals surface area contributed by atoms with Crippen molar-refractivity contribution in [3.8, 4) is 5.75 Å². The van der Waals surface area contributed by atoms with Crippen molar-refractivity contribution in [3.63, 3.8) is 0 Å². The number of likely N-dealkylation sites (N-methyl/N-ethyl adjacent to an activating group) is 1. The number of hydrogen-bond acceptors (Lipinski definition) is 7.